The molecular weight excluding hydrogens is 403 g/mol. The number of hydrogen-bond donors (Lipinski definition) is 0. The van der Waals surface area contributed by atoms with E-state index in [1.807, 2.05) is 11.0 Å². The molecule has 0 N–H and O–H groups in total. The third-order valence-corrected chi connectivity index (χ3v) is 5.92. The Morgan fingerprint density at radius 3 is 2.67 bits per heavy atom. The number of likely N-dealkylation sites (tertiary alicyclic amines) is 1. The van der Waals surface area contributed by atoms with Crippen LogP contribution < -0.4 is 4.90 Å². The molecule has 10 heteroatoms. The van der Waals surface area contributed by atoms with E-state index < -0.39 is 30.4 Å². The SMILES string of the molecule is O=C1OC2(CCCCN2c2ncccc2CCN2CC[C@H](CC(F)(F)F)C2)OC1=O. The summed E-state index contributed by atoms with van der Waals surface area (Å²) in [6.45, 7) is 2.19. The predicted molar refractivity (Wildman–Crippen MR) is 99.3 cm³/mol. The van der Waals surface area contributed by atoms with Crippen LogP contribution in [0.1, 0.15) is 37.7 Å². The number of carbonyl (C=O) groups excluding carboxylic acids is 2. The molecule has 3 saturated heterocycles. The molecule has 0 saturated carbocycles. The number of pyridine rings is 1. The number of carbonyl (C=O) groups is 2. The van der Waals surface area contributed by atoms with Crippen molar-refractivity contribution in [1.82, 2.24) is 9.88 Å². The van der Waals surface area contributed by atoms with E-state index in [4.69, 9.17) is 9.47 Å². The highest BCUT2D eigenvalue weighted by molar-refractivity contribution is 6.31. The van der Waals surface area contributed by atoms with Gasteiger partial charge in [-0.05, 0) is 49.8 Å². The van der Waals surface area contributed by atoms with Crippen LogP contribution in [0.4, 0.5) is 19.0 Å². The zero-order chi connectivity index (χ0) is 21.4. The van der Waals surface area contributed by atoms with Crippen LogP contribution >= 0.6 is 0 Å². The molecule has 1 atom stereocenters. The van der Waals surface area contributed by atoms with Gasteiger partial charge in [0.25, 0.3) is 0 Å². The standard InChI is InChI=1S/C20H24F3N3O4/c21-19(22,23)12-14-5-10-25(13-14)11-6-15-4-3-8-24-16(15)26-9-2-1-7-20(26)29-17(27)18(28)30-20/h3-4,8,14H,1-2,5-7,9-13H2/t14-/m1/s1. The predicted octanol–water partition coefficient (Wildman–Crippen LogP) is 2.64. The Hall–Kier alpha value is -2.36. The molecule has 3 aliphatic heterocycles. The maximum atomic E-state index is 12.6. The molecule has 0 aromatic carbocycles. The number of ether oxygens (including phenoxy) is 2. The lowest BCUT2D eigenvalue weighted by Gasteiger charge is -2.41. The van der Waals surface area contributed by atoms with Gasteiger partial charge < -0.3 is 14.4 Å². The topological polar surface area (TPSA) is 72.0 Å². The van der Waals surface area contributed by atoms with Crippen LogP contribution in [-0.4, -0.2) is 60.1 Å². The number of nitrogens with zero attached hydrogens (tertiary/aromatic N) is 3. The van der Waals surface area contributed by atoms with Gasteiger partial charge in [-0.3, -0.25) is 4.90 Å². The fourth-order valence-corrected chi connectivity index (χ4v) is 4.55. The molecule has 0 bridgehead atoms. The molecule has 30 heavy (non-hydrogen) atoms. The van der Waals surface area contributed by atoms with E-state index in [9.17, 15) is 22.8 Å². The first-order valence-electron chi connectivity index (χ1n) is 10.2. The lowest BCUT2D eigenvalue weighted by Crippen LogP contribution is -2.54. The first-order valence-corrected chi connectivity index (χ1v) is 10.2. The normalized spacial score (nSPS) is 24.4. The molecule has 1 spiro atoms. The largest absolute Gasteiger partial charge is 0.422 e. The Kier molecular flexibility index (Phi) is 5.61. The molecule has 0 aliphatic carbocycles. The van der Waals surface area contributed by atoms with Crippen LogP contribution in [0.5, 0.6) is 0 Å². The summed E-state index contributed by atoms with van der Waals surface area (Å²) in [5.41, 5.74) is 0.872. The Morgan fingerprint density at radius 2 is 1.93 bits per heavy atom. The summed E-state index contributed by atoms with van der Waals surface area (Å²) in [6, 6.07) is 3.69. The van der Waals surface area contributed by atoms with Crippen molar-refractivity contribution < 1.29 is 32.2 Å². The van der Waals surface area contributed by atoms with Crippen molar-refractivity contribution in [3.63, 3.8) is 0 Å². The molecule has 0 unspecified atom stereocenters. The molecule has 7 nitrogen and oxygen atoms in total. The summed E-state index contributed by atoms with van der Waals surface area (Å²) in [4.78, 5) is 31.6. The van der Waals surface area contributed by atoms with Gasteiger partial charge in [-0.2, -0.15) is 13.2 Å². The second kappa shape index (κ2) is 8.05. The van der Waals surface area contributed by atoms with Gasteiger partial charge in [0, 0.05) is 38.7 Å². The summed E-state index contributed by atoms with van der Waals surface area (Å²) in [6.07, 6.45) is -0.187. The minimum Gasteiger partial charge on any atom is -0.395 e. The van der Waals surface area contributed by atoms with E-state index in [-0.39, 0.29) is 5.92 Å². The molecule has 1 aromatic rings. The van der Waals surface area contributed by atoms with Gasteiger partial charge >= 0.3 is 24.0 Å². The quantitative estimate of drug-likeness (QED) is 0.528. The van der Waals surface area contributed by atoms with E-state index in [2.05, 4.69) is 4.98 Å². The van der Waals surface area contributed by atoms with Crippen molar-refractivity contribution >= 4 is 17.8 Å². The number of hydrogen-bond acceptors (Lipinski definition) is 7. The molecular formula is C20H24F3N3O4. The second-order valence-corrected chi connectivity index (χ2v) is 8.11. The lowest BCUT2D eigenvalue weighted by molar-refractivity contribution is -0.186. The number of halogens is 3. The monoisotopic (exact) mass is 427 g/mol. The van der Waals surface area contributed by atoms with E-state index in [0.717, 1.165) is 18.4 Å². The van der Waals surface area contributed by atoms with Crippen LogP contribution in [0, 0.1) is 5.92 Å². The zero-order valence-electron chi connectivity index (χ0n) is 16.5. The van der Waals surface area contributed by atoms with E-state index in [1.165, 1.54) is 0 Å². The fraction of sp³-hybridized carbons (Fsp3) is 0.650. The Morgan fingerprint density at radius 1 is 1.17 bits per heavy atom. The van der Waals surface area contributed by atoms with Crippen molar-refractivity contribution in [1.29, 1.82) is 0 Å². The first kappa shape index (κ1) is 20.9. The molecule has 0 radical (unpaired) electrons. The van der Waals surface area contributed by atoms with Crippen LogP contribution in [-0.2, 0) is 25.5 Å². The molecule has 3 fully saturated rings. The van der Waals surface area contributed by atoms with Gasteiger partial charge in [-0.25, -0.2) is 14.6 Å². The van der Waals surface area contributed by atoms with E-state index in [1.54, 1.807) is 17.2 Å². The highest BCUT2D eigenvalue weighted by atomic mass is 19.4. The van der Waals surface area contributed by atoms with Gasteiger partial charge in [-0.15, -0.1) is 0 Å². The van der Waals surface area contributed by atoms with Crippen LogP contribution in [0.2, 0.25) is 0 Å². The van der Waals surface area contributed by atoms with Crippen molar-refractivity contribution in [3.8, 4) is 0 Å². The summed E-state index contributed by atoms with van der Waals surface area (Å²) >= 11 is 0. The number of piperidine rings is 1. The van der Waals surface area contributed by atoms with Gasteiger partial charge in [0.2, 0.25) is 0 Å². The Labute approximate surface area is 172 Å². The molecule has 4 heterocycles. The summed E-state index contributed by atoms with van der Waals surface area (Å²) in [7, 11) is 0. The van der Waals surface area contributed by atoms with Crippen molar-refractivity contribution in [2.75, 3.05) is 31.1 Å². The molecule has 1 aromatic heterocycles. The maximum absolute atomic E-state index is 12.6. The lowest BCUT2D eigenvalue weighted by atomic mass is 10.0. The molecule has 3 aliphatic rings. The van der Waals surface area contributed by atoms with E-state index >= 15 is 0 Å². The summed E-state index contributed by atoms with van der Waals surface area (Å²) in [5.74, 6) is -3.26. The van der Waals surface area contributed by atoms with Gasteiger partial charge in [0.05, 0.1) is 0 Å². The third kappa shape index (κ3) is 4.38. The smallest absolute Gasteiger partial charge is 0.395 e. The number of rotatable bonds is 5. The molecule has 0 amide bonds. The van der Waals surface area contributed by atoms with Gasteiger partial charge in [0.1, 0.15) is 5.82 Å². The van der Waals surface area contributed by atoms with Gasteiger partial charge in [-0.1, -0.05) is 6.07 Å². The first-order chi connectivity index (χ1) is 14.3. The highest BCUT2D eigenvalue weighted by Crippen LogP contribution is 2.39. The van der Waals surface area contributed by atoms with Gasteiger partial charge in [0.15, 0.2) is 0 Å². The van der Waals surface area contributed by atoms with Crippen molar-refractivity contribution in [2.24, 2.45) is 5.92 Å². The van der Waals surface area contributed by atoms with Crippen LogP contribution in [0.25, 0.3) is 0 Å². The Bertz CT molecular complexity index is 801. The highest BCUT2D eigenvalue weighted by Gasteiger charge is 2.55. The summed E-state index contributed by atoms with van der Waals surface area (Å²) < 4.78 is 48.6. The average molecular weight is 427 g/mol. The molecule has 4 rings (SSSR count). The minimum absolute atomic E-state index is 0.360. The Balaban J connectivity index is 1.45. The van der Waals surface area contributed by atoms with E-state index in [0.29, 0.717) is 51.3 Å². The number of aromatic nitrogens is 1. The van der Waals surface area contributed by atoms with Crippen LogP contribution in [0.15, 0.2) is 18.3 Å². The van der Waals surface area contributed by atoms with Crippen LogP contribution in [0.3, 0.4) is 0 Å². The fourth-order valence-electron chi connectivity index (χ4n) is 4.55. The maximum Gasteiger partial charge on any atom is 0.422 e. The van der Waals surface area contributed by atoms with Crippen molar-refractivity contribution in [2.45, 2.75) is 50.6 Å². The number of esters is 2. The average Bonchev–Trinajstić information content (AvgIpc) is 3.23. The minimum atomic E-state index is -4.13. The number of alkyl halides is 3. The van der Waals surface area contributed by atoms with Crippen molar-refractivity contribution in [3.05, 3.63) is 23.9 Å². The zero-order valence-corrected chi connectivity index (χ0v) is 16.5. The third-order valence-electron chi connectivity index (χ3n) is 5.92. The number of anilines is 1. The second-order valence-electron chi connectivity index (χ2n) is 8.11. The molecule has 164 valence electrons. The summed E-state index contributed by atoms with van der Waals surface area (Å²) in [5, 5.41) is 0.